The van der Waals surface area contributed by atoms with E-state index in [4.69, 9.17) is 16.9 Å². The van der Waals surface area contributed by atoms with E-state index >= 15 is 0 Å². The van der Waals surface area contributed by atoms with Crippen LogP contribution >= 0.6 is 23.1 Å². The van der Waals surface area contributed by atoms with E-state index in [2.05, 4.69) is 15.3 Å². The van der Waals surface area contributed by atoms with Gasteiger partial charge in [0, 0.05) is 13.1 Å². The number of anilines is 1. The Balaban J connectivity index is 2.33. The third-order valence-electron chi connectivity index (χ3n) is 2.16. The molecule has 0 amide bonds. The summed E-state index contributed by atoms with van der Waals surface area (Å²) < 4.78 is 3.96. The van der Waals surface area contributed by atoms with Crippen molar-refractivity contribution in [2.45, 2.75) is 18.9 Å². The van der Waals surface area contributed by atoms with Crippen molar-refractivity contribution in [3.05, 3.63) is 10.7 Å². The quantitative estimate of drug-likeness (QED) is 0.757. The van der Waals surface area contributed by atoms with Gasteiger partial charge in [0.25, 0.3) is 0 Å². The van der Waals surface area contributed by atoms with Crippen molar-refractivity contribution < 1.29 is 0 Å². The van der Waals surface area contributed by atoms with E-state index in [1.807, 2.05) is 7.05 Å². The molecule has 0 bridgehead atoms. The lowest BCUT2D eigenvalue weighted by Gasteiger charge is -2.15. The Labute approximate surface area is 85.7 Å². The average Bonchev–Trinajstić information content (AvgIpc) is 2.89. The summed E-state index contributed by atoms with van der Waals surface area (Å²) in [5.41, 5.74) is 0.515. The second-order valence-corrected chi connectivity index (χ2v) is 4.22. The molecule has 0 aromatic carbocycles. The molecule has 1 fully saturated rings. The fourth-order valence-electron chi connectivity index (χ4n) is 1.23. The van der Waals surface area contributed by atoms with Crippen molar-refractivity contribution in [2.24, 2.45) is 0 Å². The van der Waals surface area contributed by atoms with E-state index < -0.39 is 0 Å². The Hall–Kier alpha value is -0.790. The monoisotopic (exact) mass is 213 g/mol. The Morgan fingerprint density at radius 3 is 2.92 bits per heavy atom. The molecule has 5 heteroatoms. The lowest BCUT2D eigenvalue weighted by Crippen LogP contribution is -2.18. The first-order valence-electron chi connectivity index (χ1n) is 4.02. The Bertz CT molecular complexity index is 364. The summed E-state index contributed by atoms with van der Waals surface area (Å²) in [5, 5.41) is 10.1. The van der Waals surface area contributed by atoms with Crippen LogP contribution in [0, 0.1) is 11.3 Å². The summed E-state index contributed by atoms with van der Waals surface area (Å²) >= 11 is 7.06. The minimum Gasteiger partial charge on any atom is -0.361 e. The fraction of sp³-hybridized carbons (Fsp3) is 0.500. The summed E-state index contributed by atoms with van der Waals surface area (Å²) in [4.78, 5) is 2.10. The smallest absolute Gasteiger partial charge is 0.162 e. The predicted molar refractivity (Wildman–Crippen MR) is 53.3 cm³/mol. The number of rotatable bonds is 2. The summed E-state index contributed by atoms with van der Waals surface area (Å²) in [6.07, 6.45) is 2.41. The van der Waals surface area contributed by atoms with Crippen LogP contribution in [0.3, 0.4) is 0 Å². The first-order chi connectivity index (χ1) is 6.24. The molecule has 1 aromatic heterocycles. The number of nitriles is 1. The molecule has 0 atom stereocenters. The predicted octanol–water partition coefficient (Wildman–Crippen LogP) is 2.27. The highest BCUT2D eigenvalue weighted by atomic mass is 35.5. The van der Waals surface area contributed by atoms with Gasteiger partial charge in [-0.15, -0.1) is 0 Å². The molecule has 2 rings (SSSR count). The summed E-state index contributed by atoms with van der Waals surface area (Å²) in [6, 6.07) is 2.67. The van der Waals surface area contributed by atoms with Crippen molar-refractivity contribution in [1.82, 2.24) is 4.37 Å². The number of aromatic nitrogens is 1. The topological polar surface area (TPSA) is 39.9 Å². The maximum absolute atomic E-state index is 8.84. The Morgan fingerprint density at radius 1 is 1.69 bits per heavy atom. The van der Waals surface area contributed by atoms with Crippen LogP contribution in [-0.4, -0.2) is 17.5 Å². The molecule has 1 aliphatic carbocycles. The van der Waals surface area contributed by atoms with Gasteiger partial charge in [0.15, 0.2) is 5.15 Å². The number of hydrogen-bond acceptors (Lipinski definition) is 4. The fourth-order valence-corrected chi connectivity index (χ4v) is 2.29. The first-order valence-corrected chi connectivity index (χ1v) is 5.17. The molecule has 0 saturated heterocycles. The molecular formula is C8H8ClN3S. The van der Waals surface area contributed by atoms with Crippen LogP contribution in [0.2, 0.25) is 5.15 Å². The van der Waals surface area contributed by atoms with Gasteiger partial charge in [-0.3, -0.25) is 0 Å². The van der Waals surface area contributed by atoms with Crippen LogP contribution in [0.25, 0.3) is 0 Å². The van der Waals surface area contributed by atoms with Gasteiger partial charge in [-0.1, -0.05) is 11.6 Å². The van der Waals surface area contributed by atoms with Crippen molar-refractivity contribution >= 4 is 28.1 Å². The van der Waals surface area contributed by atoms with E-state index in [0.717, 1.165) is 5.00 Å². The van der Waals surface area contributed by atoms with Gasteiger partial charge in [-0.05, 0) is 24.4 Å². The van der Waals surface area contributed by atoms with Crippen molar-refractivity contribution in [2.75, 3.05) is 11.9 Å². The van der Waals surface area contributed by atoms with Crippen LogP contribution in [-0.2, 0) is 0 Å². The third-order valence-corrected chi connectivity index (χ3v) is 3.47. The van der Waals surface area contributed by atoms with Crippen LogP contribution < -0.4 is 4.90 Å². The van der Waals surface area contributed by atoms with E-state index in [0.29, 0.717) is 16.8 Å². The lowest BCUT2D eigenvalue weighted by molar-refractivity contribution is 0.927. The zero-order valence-electron chi connectivity index (χ0n) is 7.12. The SMILES string of the molecule is CN(c1snc(Cl)c1C#N)C1CC1. The highest BCUT2D eigenvalue weighted by Crippen LogP contribution is 2.36. The van der Waals surface area contributed by atoms with Crippen LogP contribution in [0.1, 0.15) is 18.4 Å². The standard InChI is InChI=1S/C8H8ClN3S/c1-12(5-2-3-5)8-6(4-10)7(9)11-13-8/h5H,2-3H2,1H3. The van der Waals surface area contributed by atoms with Gasteiger partial charge >= 0.3 is 0 Å². The van der Waals surface area contributed by atoms with Crippen LogP contribution in [0.15, 0.2) is 0 Å². The van der Waals surface area contributed by atoms with Gasteiger partial charge in [0.05, 0.1) is 0 Å². The van der Waals surface area contributed by atoms with Gasteiger partial charge in [0.1, 0.15) is 16.6 Å². The first kappa shape index (κ1) is 8.79. The van der Waals surface area contributed by atoms with Crippen molar-refractivity contribution in [1.29, 1.82) is 5.26 Å². The Kier molecular flexibility index (Phi) is 2.14. The number of nitrogens with zero attached hydrogens (tertiary/aromatic N) is 3. The second-order valence-electron chi connectivity index (χ2n) is 3.11. The van der Waals surface area contributed by atoms with E-state index in [-0.39, 0.29) is 0 Å². The molecule has 0 radical (unpaired) electrons. The van der Waals surface area contributed by atoms with E-state index in [1.165, 1.54) is 24.4 Å². The van der Waals surface area contributed by atoms with Crippen LogP contribution in [0.4, 0.5) is 5.00 Å². The van der Waals surface area contributed by atoms with E-state index in [9.17, 15) is 0 Å². The third kappa shape index (κ3) is 1.50. The second kappa shape index (κ2) is 3.17. The lowest BCUT2D eigenvalue weighted by atomic mass is 10.3. The summed E-state index contributed by atoms with van der Waals surface area (Å²) in [6.45, 7) is 0. The highest BCUT2D eigenvalue weighted by Gasteiger charge is 2.29. The van der Waals surface area contributed by atoms with Gasteiger partial charge < -0.3 is 4.90 Å². The maximum atomic E-state index is 8.84. The molecule has 1 saturated carbocycles. The minimum absolute atomic E-state index is 0.329. The zero-order chi connectivity index (χ0) is 9.42. The minimum atomic E-state index is 0.329. The largest absolute Gasteiger partial charge is 0.361 e. The molecule has 1 aliphatic rings. The molecule has 68 valence electrons. The molecule has 1 heterocycles. The molecular weight excluding hydrogens is 206 g/mol. The highest BCUT2D eigenvalue weighted by molar-refractivity contribution is 7.10. The molecule has 13 heavy (non-hydrogen) atoms. The zero-order valence-corrected chi connectivity index (χ0v) is 8.69. The number of hydrogen-bond donors (Lipinski definition) is 0. The molecule has 0 aliphatic heterocycles. The maximum Gasteiger partial charge on any atom is 0.162 e. The number of halogens is 1. The molecule has 0 spiro atoms. The molecule has 0 unspecified atom stereocenters. The van der Waals surface area contributed by atoms with Crippen molar-refractivity contribution in [3.8, 4) is 6.07 Å². The Morgan fingerprint density at radius 2 is 2.38 bits per heavy atom. The normalized spacial score (nSPS) is 15.5. The van der Waals surface area contributed by atoms with Crippen molar-refractivity contribution in [3.63, 3.8) is 0 Å². The van der Waals surface area contributed by atoms with Gasteiger partial charge in [0.2, 0.25) is 0 Å². The van der Waals surface area contributed by atoms with Gasteiger partial charge in [-0.25, -0.2) is 0 Å². The van der Waals surface area contributed by atoms with Gasteiger partial charge in [-0.2, -0.15) is 9.64 Å². The molecule has 0 N–H and O–H groups in total. The van der Waals surface area contributed by atoms with Crippen LogP contribution in [0.5, 0.6) is 0 Å². The summed E-state index contributed by atoms with van der Waals surface area (Å²) in [5.74, 6) is 0. The van der Waals surface area contributed by atoms with E-state index in [1.54, 1.807) is 0 Å². The molecule has 3 nitrogen and oxygen atoms in total. The summed E-state index contributed by atoms with van der Waals surface area (Å²) in [7, 11) is 1.99. The average molecular weight is 214 g/mol. The molecule has 1 aromatic rings.